The SMILES string of the molecule is CO[C@@H]1C[C@@H](C(=O)O)N(C(C)C)C1. The Balaban J connectivity index is 2.65. The molecule has 1 heterocycles. The van der Waals surface area contributed by atoms with Gasteiger partial charge in [0, 0.05) is 26.1 Å². The third-order valence-electron chi connectivity index (χ3n) is 2.58. The van der Waals surface area contributed by atoms with Crippen LogP contribution in [0.2, 0.25) is 0 Å². The van der Waals surface area contributed by atoms with Crippen molar-refractivity contribution in [2.45, 2.75) is 38.5 Å². The number of aliphatic carboxylic acids is 1. The van der Waals surface area contributed by atoms with Gasteiger partial charge in [-0.25, -0.2) is 0 Å². The van der Waals surface area contributed by atoms with Gasteiger partial charge < -0.3 is 9.84 Å². The van der Waals surface area contributed by atoms with Crippen molar-refractivity contribution in [1.29, 1.82) is 0 Å². The number of rotatable bonds is 3. The van der Waals surface area contributed by atoms with Crippen molar-refractivity contribution in [1.82, 2.24) is 4.90 Å². The molecule has 0 aliphatic carbocycles. The smallest absolute Gasteiger partial charge is 0.321 e. The Labute approximate surface area is 78.5 Å². The highest BCUT2D eigenvalue weighted by molar-refractivity contribution is 5.74. The maximum absolute atomic E-state index is 10.9. The van der Waals surface area contributed by atoms with Gasteiger partial charge in [0.15, 0.2) is 0 Å². The molecule has 2 atom stereocenters. The van der Waals surface area contributed by atoms with Crippen LogP contribution in [0.4, 0.5) is 0 Å². The second kappa shape index (κ2) is 4.07. The van der Waals surface area contributed by atoms with Crippen LogP contribution in [0.5, 0.6) is 0 Å². The second-order valence-corrected chi connectivity index (χ2v) is 3.74. The van der Waals surface area contributed by atoms with Gasteiger partial charge in [0.1, 0.15) is 6.04 Å². The highest BCUT2D eigenvalue weighted by atomic mass is 16.5. The van der Waals surface area contributed by atoms with Crippen LogP contribution in [0.3, 0.4) is 0 Å². The summed E-state index contributed by atoms with van der Waals surface area (Å²) in [4.78, 5) is 12.8. The molecule has 0 spiro atoms. The van der Waals surface area contributed by atoms with Crippen LogP contribution in [-0.4, -0.2) is 47.8 Å². The Morgan fingerprint density at radius 1 is 1.62 bits per heavy atom. The van der Waals surface area contributed by atoms with Gasteiger partial charge in [-0.2, -0.15) is 0 Å². The zero-order chi connectivity index (χ0) is 10.0. The van der Waals surface area contributed by atoms with Crippen LogP contribution in [0, 0.1) is 0 Å². The fourth-order valence-corrected chi connectivity index (χ4v) is 1.81. The van der Waals surface area contributed by atoms with Crippen molar-refractivity contribution in [2.24, 2.45) is 0 Å². The summed E-state index contributed by atoms with van der Waals surface area (Å²) in [6, 6.07) is -0.105. The average molecular weight is 187 g/mol. The highest BCUT2D eigenvalue weighted by Crippen LogP contribution is 2.22. The van der Waals surface area contributed by atoms with E-state index < -0.39 is 5.97 Å². The molecule has 0 saturated carbocycles. The number of hydrogen-bond acceptors (Lipinski definition) is 3. The first-order chi connectivity index (χ1) is 6.06. The van der Waals surface area contributed by atoms with Crippen LogP contribution in [0.25, 0.3) is 0 Å². The topological polar surface area (TPSA) is 49.8 Å². The predicted molar refractivity (Wildman–Crippen MR) is 48.7 cm³/mol. The maximum atomic E-state index is 10.9. The minimum atomic E-state index is -0.742. The molecule has 0 aromatic rings. The van der Waals surface area contributed by atoms with Crippen LogP contribution >= 0.6 is 0 Å². The molecule has 13 heavy (non-hydrogen) atoms. The fraction of sp³-hybridized carbons (Fsp3) is 0.889. The number of methoxy groups -OCH3 is 1. The minimum absolute atomic E-state index is 0.0727. The van der Waals surface area contributed by atoms with E-state index >= 15 is 0 Å². The van der Waals surface area contributed by atoms with E-state index in [9.17, 15) is 4.79 Å². The Hall–Kier alpha value is -0.610. The second-order valence-electron chi connectivity index (χ2n) is 3.74. The molecular weight excluding hydrogens is 170 g/mol. The summed E-state index contributed by atoms with van der Waals surface area (Å²) in [6.45, 7) is 4.74. The van der Waals surface area contributed by atoms with Gasteiger partial charge in [-0.15, -0.1) is 0 Å². The van der Waals surface area contributed by atoms with E-state index in [4.69, 9.17) is 9.84 Å². The average Bonchev–Trinajstić information content (AvgIpc) is 2.47. The quantitative estimate of drug-likeness (QED) is 0.701. The molecule has 0 aromatic heterocycles. The van der Waals surface area contributed by atoms with Crippen LogP contribution in [-0.2, 0) is 9.53 Å². The summed E-state index contributed by atoms with van der Waals surface area (Å²) in [5, 5.41) is 8.95. The van der Waals surface area contributed by atoms with E-state index in [-0.39, 0.29) is 18.2 Å². The normalized spacial score (nSPS) is 29.8. The summed E-state index contributed by atoms with van der Waals surface area (Å²) in [6.07, 6.45) is 0.674. The van der Waals surface area contributed by atoms with Crippen molar-refractivity contribution in [3.8, 4) is 0 Å². The first-order valence-electron chi connectivity index (χ1n) is 4.57. The van der Waals surface area contributed by atoms with Crippen molar-refractivity contribution < 1.29 is 14.6 Å². The number of carbonyl (C=O) groups is 1. The third kappa shape index (κ3) is 2.19. The van der Waals surface area contributed by atoms with Gasteiger partial charge in [0.05, 0.1) is 6.10 Å². The largest absolute Gasteiger partial charge is 0.480 e. The number of ether oxygens (including phenoxy) is 1. The number of carboxylic acid groups (broad SMARTS) is 1. The molecule has 1 saturated heterocycles. The van der Waals surface area contributed by atoms with E-state index in [0.717, 1.165) is 6.54 Å². The number of hydrogen-bond donors (Lipinski definition) is 1. The van der Waals surface area contributed by atoms with E-state index in [2.05, 4.69) is 0 Å². The number of carboxylic acids is 1. The lowest BCUT2D eigenvalue weighted by atomic mass is 10.2. The lowest BCUT2D eigenvalue weighted by molar-refractivity contribution is -0.142. The van der Waals surface area contributed by atoms with Crippen molar-refractivity contribution >= 4 is 5.97 Å². The summed E-state index contributed by atoms with van der Waals surface area (Å²) < 4.78 is 5.17. The minimum Gasteiger partial charge on any atom is -0.480 e. The lowest BCUT2D eigenvalue weighted by Gasteiger charge is -2.24. The number of likely N-dealkylation sites (tertiary alicyclic amines) is 1. The molecule has 0 bridgehead atoms. The standard InChI is InChI=1S/C9H17NO3/c1-6(2)10-5-7(13-3)4-8(10)9(11)12/h6-8H,4-5H2,1-3H3,(H,11,12)/t7-,8+/m1/s1. The van der Waals surface area contributed by atoms with E-state index in [1.807, 2.05) is 18.7 Å². The Morgan fingerprint density at radius 3 is 2.54 bits per heavy atom. The van der Waals surface area contributed by atoms with Gasteiger partial charge in [-0.1, -0.05) is 0 Å². The first-order valence-corrected chi connectivity index (χ1v) is 4.57. The zero-order valence-corrected chi connectivity index (χ0v) is 8.36. The molecule has 1 rings (SSSR count). The van der Waals surface area contributed by atoms with E-state index in [1.165, 1.54) is 0 Å². The van der Waals surface area contributed by atoms with Crippen molar-refractivity contribution in [3.63, 3.8) is 0 Å². The molecule has 76 valence electrons. The lowest BCUT2D eigenvalue weighted by Crippen LogP contribution is -2.40. The van der Waals surface area contributed by atoms with Gasteiger partial charge in [-0.05, 0) is 13.8 Å². The maximum Gasteiger partial charge on any atom is 0.321 e. The Bertz CT molecular complexity index is 193. The first kappa shape index (κ1) is 10.5. The molecular formula is C9H17NO3. The zero-order valence-electron chi connectivity index (χ0n) is 8.36. The molecule has 4 heteroatoms. The number of nitrogens with zero attached hydrogens (tertiary/aromatic N) is 1. The van der Waals surface area contributed by atoms with Gasteiger partial charge in [-0.3, -0.25) is 9.69 Å². The summed E-state index contributed by atoms with van der Waals surface area (Å²) in [7, 11) is 1.63. The van der Waals surface area contributed by atoms with E-state index in [1.54, 1.807) is 7.11 Å². The van der Waals surface area contributed by atoms with Gasteiger partial charge >= 0.3 is 5.97 Å². The van der Waals surface area contributed by atoms with E-state index in [0.29, 0.717) is 6.42 Å². The summed E-state index contributed by atoms with van der Waals surface area (Å²) in [5.74, 6) is -0.742. The summed E-state index contributed by atoms with van der Waals surface area (Å²) in [5.41, 5.74) is 0. The monoisotopic (exact) mass is 187 g/mol. The van der Waals surface area contributed by atoms with Crippen LogP contribution < -0.4 is 0 Å². The molecule has 4 nitrogen and oxygen atoms in total. The molecule has 0 unspecified atom stereocenters. The highest BCUT2D eigenvalue weighted by Gasteiger charge is 2.37. The fourth-order valence-electron chi connectivity index (χ4n) is 1.81. The molecule has 1 aliphatic heterocycles. The van der Waals surface area contributed by atoms with Crippen molar-refractivity contribution in [3.05, 3.63) is 0 Å². The summed E-state index contributed by atoms with van der Waals surface area (Å²) >= 11 is 0. The molecule has 0 aromatic carbocycles. The Kier molecular flexibility index (Phi) is 3.27. The molecule has 1 aliphatic rings. The Morgan fingerprint density at radius 2 is 2.23 bits per heavy atom. The third-order valence-corrected chi connectivity index (χ3v) is 2.58. The van der Waals surface area contributed by atoms with Gasteiger partial charge in [0.25, 0.3) is 0 Å². The molecule has 1 fully saturated rings. The van der Waals surface area contributed by atoms with Crippen LogP contribution in [0.1, 0.15) is 20.3 Å². The molecule has 1 N–H and O–H groups in total. The molecule has 0 amide bonds. The predicted octanol–water partition coefficient (Wildman–Crippen LogP) is 0.569. The van der Waals surface area contributed by atoms with Gasteiger partial charge in [0.2, 0.25) is 0 Å². The molecule has 0 radical (unpaired) electrons. The van der Waals surface area contributed by atoms with Crippen molar-refractivity contribution in [2.75, 3.05) is 13.7 Å². The van der Waals surface area contributed by atoms with Crippen LogP contribution in [0.15, 0.2) is 0 Å².